The summed E-state index contributed by atoms with van der Waals surface area (Å²) in [6, 6.07) is 10.4. The molecule has 0 amide bonds. The Bertz CT molecular complexity index is 340. The lowest BCUT2D eigenvalue weighted by molar-refractivity contribution is 1.62. The summed E-state index contributed by atoms with van der Waals surface area (Å²) in [7, 11) is -1.66. The molecule has 0 spiro atoms. The highest BCUT2D eigenvalue weighted by Crippen LogP contribution is 2.27. The molecule has 0 radical (unpaired) electrons. The van der Waals surface area contributed by atoms with Gasteiger partial charge in [0, 0.05) is 0 Å². The number of alkyl halides is 2. The van der Waals surface area contributed by atoms with Crippen molar-refractivity contribution in [2.45, 2.75) is 10.5 Å². The van der Waals surface area contributed by atoms with Crippen LogP contribution >= 0.6 is 45.4 Å². The summed E-state index contributed by atoms with van der Waals surface area (Å²) in [5.74, 6) is 0. The van der Waals surface area contributed by atoms with Gasteiger partial charge in [0.05, 0.1) is 4.46 Å². The zero-order valence-corrected chi connectivity index (χ0v) is 13.7. The van der Waals surface area contributed by atoms with E-state index in [1.165, 1.54) is 0 Å². The molecule has 0 heterocycles. The molecule has 88 valence electrons. The average Bonchev–Trinajstić information content (AvgIpc) is 2.26. The number of halogens is 4. The van der Waals surface area contributed by atoms with Gasteiger partial charge in [0.2, 0.25) is 0 Å². The Labute approximate surface area is 118 Å². The molecule has 0 aliphatic heterocycles. The van der Waals surface area contributed by atoms with Gasteiger partial charge in [-0.25, -0.2) is 0 Å². The molecule has 0 nitrogen and oxygen atoms in total. The normalized spacial score (nSPS) is 13.8. The molecule has 0 fully saturated rings. The summed E-state index contributed by atoms with van der Waals surface area (Å²) in [6.07, 6.45) is -0.735. The molecule has 16 heavy (non-hydrogen) atoms. The molecule has 0 aliphatic carbocycles. The summed E-state index contributed by atoms with van der Waals surface area (Å²) in [4.78, 5) is 0. The van der Waals surface area contributed by atoms with Crippen molar-refractivity contribution in [2.24, 2.45) is 0 Å². The Morgan fingerprint density at radius 2 is 1.81 bits per heavy atom. The Hall–Kier alpha value is 0.554. The van der Waals surface area contributed by atoms with Crippen LogP contribution in [0, 0.1) is 0 Å². The zero-order valence-electron chi connectivity index (χ0n) is 8.54. The van der Waals surface area contributed by atoms with E-state index in [2.05, 4.69) is 6.58 Å². The average molecular weight is 330 g/mol. The van der Waals surface area contributed by atoms with E-state index < -0.39 is 19.0 Å². The van der Waals surface area contributed by atoms with E-state index in [4.69, 9.17) is 45.4 Å². The minimum Gasteiger partial charge on any atom is -0.144 e. The third-order valence-electron chi connectivity index (χ3n) is 2.35. The zero-order chi connectivity index (χ0) is 12.2. The Balaban J connectivity index is 3.02. The Kier molecular flexibility index (Phi) is 5.92. The van der Waals surface area contributed by atoms with Gasteiger partial charge in [-0.1, -0.05) is 36.4 Å². The van der Waals surface area contributed by atoms with Crippen LogP contribution < -0.4 is 5.19 Å². The van der Waals surface area contributed by atoms with Gasteiger partial charge in [0.25, 0.3) is 6.21 Å². The smallest absolute Gasteiger partial charge is 0.144 e. The van der Waals surface area contributed by atoms with Crippen LogP contribution in [0.25, 0.3) is 0 Å². The lowest BCUT2D eigenvalue weighted by Crippen LogP contribution is -2.55. The molecular weight excluding hydrogens is 318 g/mol. The fourth-order valence-electron chi connectivity index (χ4n) is 1.46. The molecule has 0 aromatic heterocycles. The number of hydrogen-bond donors (Lipinski definition) is 0. The minimum atomic E-state index is -2.54. The first kappa shape index (κ1) is 14.6. The lowest BCUT2D eigenvalue weighted by atomic mass is 10.4. The molecule has 0 aliphatic rings. The highest BCUT2D eigenvalue weighted by Gasteiger charge is 2.44. The quantitative estimate of drug-likeness (QED) is 0.335. The number of allylic oxidation sites excluding steroid dienone is 1. The van der Waals surface area contributed by atoms with Crippen LogP contribution in [0.5, 0.6) is 0 Å². The van der Waals surface area contributed by atoms with Crippen LogP contribution in [0.3, 0.4) is 0 Å². The molecule has 1 aromatic carbocycles. The van der Waals surface area contributed by atoms with Gasteiger partial charge in [0.15, 0.2) is 0 Å². The molecule has 1 aromatic rings. The molecule has 0 saturated carbocycles. The van der Waals surface area contributed by atoms with Crippen LogP contribution in [0.2, 0.25) is 6.04 Å². The van der Waals surface area contributed by atoms with Crippen molar-refractivity contribution in [3.05, 3.63) is 43.0 Å². The van der Waals surface area contributed by atoms with E-state index in [1.807, 2.05) is 36.4 Å². The van der Waals surface area contributed by atoms with E-state index in [1.54, 1.807) is 0 Å². The van der Waals surface area contributed by atoms with Gasteiger partial charge in [-0.15, -0.1) is 51.9 Å². The van der Waals surface area contributed by atoms with Gasteiger partial charge >= 0.3 is 0 Å². The second-order valence-electron chi connectivity index (χ2n) is 3.45. The summed E-state index contributed by atoms with van der Waals surface area (Å²) < 4.78 is -0.445. The number of hydrogen-bond acceptors (Lipinski definition) is 0. The number of benzene rings is 1. The Morgan fingerprint density at radius 1 is 1.25 bits per heavy atom. The summed E-state index contributed by atoms with van der Waals surface area (Å²) in [5, 5.41) is 0.989. The van der Waals surface area contributed by atoms with Crippen LogP contribution in [0.4, 0.5) is 0 Å². The standard InChI is InChI=1S/C10H12Cl4Si2/c1-2-8-15(10(11)12)16(13,14)9-6-4-3-5-7-9/h2-7,10,15H,1,8H2. The second-order valence-corrected chi connectivity index (χ2v) is 20.8. The monoisotopic (exact) mass is 328 g/mol. The van der Waals surface area contributed by atoms with E-state index >= 15 is 0 Å². The van der Waals surface area contributed by atoms with E-state index in [-0.39, 0.29) is 0 Å². The highest BCUT2D eigenvalue weighted by atomic mass is 35.7. The van der Waals surface area contributed by atoms with Crippen molar-refractivity contribution in [1.29, 1.82) is 0 Å². The Morgan fingerprint density at radius 3 is 2.25 bits per heavy atom. The molecule has 1 atom stereocenters. The predicted octanol–water partition coefficient (Wildman–Crippen LogP) is 3.65. The molecule has 0 saturated heterocycles. The van der Waals surface area contributed by atoms with Gasteiger partial charge in [-0.3, -0.25) is 0 Å². The van der Waals surface area contributed by atoms with E-state index in [9.17, 15) is 0 Å². The second kappa shape index (κ2) is 6.48. The molecule has 0 N–H and O–H groups in total. The maximum Gasteiger partial charge on any atom is 0.267 e. The minimum absolute atomic E-state index is 0.445. The van der Waals surface area contributed by atoms with E-state index in [0.717, 1.165) is 11.2 Å². The topological polar surface area (TPSA) is 0 Å². The summed E-state index contributed by atoms with van der Waals surface area (Å²) in [6.45, 7) is 3.71. The van der Waals surface area contributed by atoms with Gasteiger partial charge in [0.1, 0.15) is 8.31 Å². The first-order valence-electron chi connectivity index (χ1n) is 4.82. The SMILES string of the molecule is C=CC[SiH](C(Cl)Cl)[Si](Cl)(Cl)c1ccccc1. The third-order valence-corrected chi connectivity index (χ3v) is 20.8. The third kappa shape index (κ3) is 3.52. The fraction of sp³-hybridized carbons (Fsp3) is 0.200. The highest BCUT2D eigenvalue weighted by molar-refractivity contribution is 7.75. The molecule has 1 unspecified atom stereocenters. The first-order valence-corrected chi connectivity index (χ1v) is 13.0. The molecular formula is C10H12Cl4Si2. The summed E-state index contributed by atoms with van der Waals surface area (Å²) in [5.41, 5.74) is 0. The number of rotatable bonds is 5. The van der Waals surface area contributed by atoms with Crippen LogP contribution in [-0.4, -0.2) is 19.0 Å². The van der Waals surface area contributed by atoms with Crippen LogP contribution in [-0.2, 0) is 0 Å². The van der Waals surface area contributed by atoms with Crippen LogP contribution in [0.1, 0.15) is 0 Å². The van der Waals surface area contributed by atoms with Crippen molar-refractivity contribution < 1.29 is 0 Å². The van der Waals surface area contributed by atoms with Crippen molar-refractivity contribution >= 4 is 65.1 Å². The summed E-state index contributed by atoms with van der Waals surface area (Å²) >= 11 is 25.1. The maximum absolute atomic E-state index is 6.55. The van der Waals surface area contributed by atoms with Crippen molar-refractivity contribution in [1.82, 2.24) is 0 Å². The van der Waals surface area contributed by atoms with Crippen molar-refractivity contribution in [3.63, 3.8) is 0 Å². The van der Waals surface area contributed by atoms with Gasteiger partial charge < -0.3 is 0 Å². The van der Waals surface area contributed by atoms with Crippen LogP contribution in [0.15, 0.2) is 43.0 Å². The van der Waals surface area contributed by atoms with Crippen molar-refractivity contribution in [3.8, 4) is 0 Å². The first-order chi connectivity index (χ1) is 7.50. The van der Waals surface area contributed by atoms with Gasteiger partial charge in [-0.2, -0.15) is 0 Å². The lowest BCUT2D eigenvalue weighted by Gasteiger charge is -2.26. The van der Waals surface area contributed by atoms with E-state index in [0.29, 0.717) is 0 Å². The molecule has 6 heteroatoms. The predicted molar refractivity (Wildman–Crippen MR) is 81.2 cm³/mol. The molecule has 1 rings (SSSR count). The largest absolute Gasteiger partial charge is 0.267 e. The maximum atomic E-state index is 6.55. The van der Waals surface area contributed by atoms with Crippen molar-refractivity contribution in [2.75, 3.05) is 0 Å². The van der Waals surface area contributed by atoms with Gasteiger partial charge in [-0.05, 0) is 11.2 Å². The fourth-order valence-corrected chi connectivity index (χ4v) is 18.9. The molecule has 0 bridgehead atoms.